The van der Waals surface area contributed by atoms with Gasteiger partial charge >= 0.3 is 5.97 Å². The van der Waals surface area contributed by atoms with Crippen molar-refractivity contribution in [1.29, 1.82) is 0 Å². The van der Waals surface area contributed by atoms with Crippen molar-refractivity contribution in [3.8, 4) is 0 Å². The van der Waals surface area contributed by atoms with Crippen LogP contribution in [0.1, 0.15) is 17.3 Å². The summed E-state index contributed by atoms with van der Waals surface area (Å²) in [5.41, 5.74) is -0.158. The van der Waals surface area contributed by atoms with E-state index in [9.17, 15) is 21.6 Å². The van der Waals surface area contributed by atoms with Crippen LogP contribution in [0, 0.1) is 0 Å². The number of aromatic carboxylic acids is 1. The summed E-state index contributed by atoms with van der Waals surface area (Å²) in [4.78, 5) is 10.6. The molecule has 0 fully saturated rings. The number of nitrogens with one attached hydrogen (secondary N) is 1. The predicted molar refractivity (Wildman–Crippen MR) is 72.9 cm³/mol. The fourth-order valence-corrected chi connectivity index (χ4v) is 3.26. The average Bonchev–Trinajstić information content (AvgIpc) is 2.38. The minimum Gasteiger partial charge on any atom is -0.478 e. The predicted octanol–water partition coefficient (Wildman–Crippen LogP) is 0.0978. The number of hydrogen-bond acceptors (Lipinski definition) is 5. The highest BCUT2D eigenvalue weighted by Gasteiger charge is 2.17. The van der Waals surface area contributed by atoms with Crippen molar-refractivity contribution < 1.29 is 26.7 Å². The van der Waals surface area contributed by atoms with Crippen molar-refractivity contribution in [2.75, 3.05) is 18.1 Å². The first-order valence-electron chi connectivity index (χ1n) is 5.71. The van der Waals surface area contributed by atoms with Gasteiger partial charge in [0.15, 0.2) is 9.84 Å². The van der Waals surface area contributed by atoms with Crippen LogP contribution in [0.3, 0.4) is 0 Å². The van der Waals surface area contributed by atoms with Crippen LogP contribution in [-0.4, -0.2) is 46.0 Å². The van der Waals surface area contributed by atoms with Crippen LogP contribution in [-0.2, 0) is 19.9 Å². The third-order valence-corrected chi connectivity index (χ3v) is 5.70. The molecule has 112 valence electrons. The number of carbonyl (C=O) groups is 1. The zero-order valence-electron chi connectivity index (χ0n) is 10.7. The van der Waals surface area contributed by atoms with Gasteiger partial charge in [-0.25, -0.2) is 26.4 Å². The summed E-state index contributed by atoms with van der Waals surface area (Å²) in [5.74, 6) is -1.61. The summed E-state index contributed by atoms with van der Waals surface area (Å²) < 4.78 is 48.4. The minimum absolute atomic E-state index is 0.0662. The first-order valence-corrected chi connectivity index (χ1v) is 9.02. The molecule has 0 aliphatic heterocycles. The van der Waals surface area contributed by atoms with Crippen molar-refractivity contribution >= 4 is 25.8 Å². The van der Waals surface area contributed by atoms with Crippen LogP contribution in [0.15, 0.2) is 29.2 Å². The maximum atomic E-state index is 11.9. The van der Waals surface area contributed by atoms with Crippen molar-refractivity contribution in [1.82, 2.24) is 4.72 Å². The smallest absolute Gasteiger partial charge is 0.335 e. The maximum Gasteiger partial charge on any atom is 0.335 e. The van der Waals surface area contributed by atoms with Gasteiger partial charge in [-0.15, -0.1) is 0 Å². The molecule has 0 aliphatic rings. The molecule has 0 saturated heterocycles. The fraction of sp³-hybridized carbons (Fsp3) is 0.364. The highest BCUT2D eigenvalue weighted by molar-refractivity contribution is 7.91. The first kappa shape index (κ1) is 16.6. The molecule has 0 aliphatic carbocycles. The Labute approximate surface area is 117 Å². The number of carboxylic acids is 1. The molecule has 0 heterocycles. The molecule has 1 aromatic rings. The molecule has 0 saturated carbocycles. The molecule has 0 bridgehead atoms. The monoisotopic (exact) mass is 321 g/mol. The fourth-order valence-electron chi connectivity index (χ4n) is 1.36. The normalized spacial score (nSPS) is 12.2. The molecular formula is C11H15NO6S2. The summed E-state index contributed by atoms with van der Waals surface area (Å²) in [6, 6.07) is 4.83. The van der Waals surface area contributed by atoms with Crippen molar-refractivity contribution in [2.45, 2.75) is 11.8 Å². The van der Waals surface area contributed by atoms with Crippen LogP contribution in [0.5, 0.6) is 0 Å². The zero-order chi connectivity index (χ0) is 15.4. The summed E-state index contributed by atoms with van der Waals surface area (Å²) >= 11 is 0. The van der Waals surface area contributed by atoms with Gasteiger partial charge in [-0.2, -0.15) is 0 Å². The molecule has 0 unspecified atom stereocenters. The largest absolute Gasteiger partial charge is 0.478 e. The summed E-state index contributed by atoms with van der Waals surface area (Å²) in [5, 5.41) is 8.80. The first-order chi connectivity index (χ1) is 9.18. The molecule has 20 heavy (non-hydrogen) atoms. The van der Waals surface area contributed by atoms with E-state index < -0.39 is 25.8 Å². The Morgan fingerprint density at radius 3 is 2.45 bits per heavy atom. The number of benzene rings is 1. The van der Waals surface area contributed by atoms with Crippen molar-refractivity contribution in [2.24, 2.45) is 0 Å². The van der Waals surface area contributed by atoms with E-state index in [-0.39, 0.29) is 28.5 Å². The maximum absolute atomic E-state index is 11.9. The van der Waals surface area contributed by atoms with E-state index in [1.165, 1.54) is 25.1 Å². The number of sulfonamides is 1. The number of rotatable bonds is 7. The van der Waals surface area contributed by atoms with E-state index in [2.05, 4.69) is 4.72 Å². The molecule has 9 heteroatoms. The Balaban J connectivity index is 2.84. The lowest BCUT2D eigenvalue weighted by Crippen LogP contribution is -2.29. The quantitative estimate of drug-likeness (QED) is 0.735. The summed E-state index contributed by atoms with van der Waals surface area (Å²) in [6.45, 7) is 1.22. The van der Waals surface area contributed by atoms with Crippen LogP contribution in [0.25, 0.3) is 0 Å². The van der Waals surface area contributed by atoms with Gasteiger partial charge in [0.2, 0.25) is 10.0 Å². The number of carboxylic acid groups (broad SMARTS) is 1. The van der Waals surface area contributed by atoms with Gasteiger partial charge < -0.3 is 5.11 Å². The standard InChI is InChI=1S/C11H15NO6S2/c1-2-19(15,16)7-6-12-20(17,18)10-5-3-4-9(8-10)11(13)14/h3-5,8,12H,2,6-7H2,1H3,(H,13,14). The third-order valence-electron chi connectivity index (χ3n) is 2.54. The SMILES string of the molecule is CCS(=O)(=O)CCNS(=O)(=O)c1cccc(C(=O)O)c1. The molecular weight excluding hydrogens is 306 g/mol. The summed E-state index contributed by atoms with van der Waals surface area (Å²) in [6.07, 6.45) is 0. The van der Waals surface area contributed by atoms with Gasteiger partial charge in [-0.1, -0.05) is 13.0 Å². The van der Waals surface area contributed by atoms with Crippen molar-refractivity contribution in [3.05, 3.63) is 29.8 Å². The van der Waals surface area contributed by atoms with Crippen LogP contribution in [0.2, 0.25) is 0 Å². The second kappa shape index (κ2) is 6.33. The van der Waals surface area contributed by atoms with Crippen LogP contribution < -0.4 is 4.72 Å². The van der Waals surface area contributed by atoms with E-state index >= 15 is 0 Å². The third kappa shape index (κ3) is 4.58. The molecule has 1 rings (SSSR count). The van der Waals surface area contributed by atoms with Gasteiger partial charge in [0, 0.05) is 12.3 Å². The Morgan fingerprint density at radius 2 is 1.90 bits per heavy atom. The lowest BCUT2D eigenvalue weighted by Gasteiger charge is -2.07. The highest BCUT2D eigenvalue weighted by Crippen LogP contribution is 2.11. The summed E-state index contributed by atoms with van der Waals surface area (Å²) in [7, 11) is -7.19. The molecule has 0 radical (unpaired) electrons. The minimum atomic E-state index is -3.92. The number of hydrogen-bond donors (Lipinski definition) is 2. The lowest BCUT2D eigenvalue weighted by atomic mass is 10.2. The second-order valence-corrected chi connectivity index (χ2v) is 8.21. The van der Waals surface area contributed by atoms with Crippen LogP contribution in [0.4, 0.5) is 0 Å². The molecule has 7 nitrogen and oxygen atoms in total. The Bertz CT molecular complexity index is 693. The molecule has 1 aromatic carbocycles. The molecule has 0 atom stereocenters. The van der Waals surface area contributed by atoms with E-state index in [0.717, 1.165) is 6.07 Å². The van der Waals surface area contributed by atoms with E-state index in [0.29, 0.717) is 0 Å². The molecule has 0 spiro atoms. The highest BCUT2D eigenvalue weighted by atomic mass is 32.2. The number of sulfone groups is 1. The lowest BCUT2D eigenvalue weighted by molar-refractivity contribution is 0.0696. The van der Waals surface area contributed by atoms with Gasteiger partial charge in [0.25, 0.3) is 0 Å². The van der Waals surface area contributed by atoms with E-state index in [1.54, 1.807) is 0 Å². The molecule has 2 N–H and O–H groups in total. The molecule has 0 amide bonds. The van der Waals surface area contributed by atoms with Crippen LogP contribution >= 0.6 is 0 Å². The Kier molecular flexibility index (Phi) is 5.26. The topological polar surface area (TPSA) is 118 Å². The second-order valence-electron chi connectivity index (χ2n) is 3.97. The van der Waals surface area contributed by atoms with Crippen molar-refractivity contribution in [3.63, 3.8) is 0 Å². The molecule has 0 aromatic heterocycles. The Hall–Kier alpha value is -1.45. The van der Waals surface area contributed by atoms with Gasteiger partial charge in [-0.3, -0.25) is 0 Å². The van der Waals surface area contributed by atoms with E-state index in [4.69, 9.17) is 5.11 Å². The zero-order valence-corrected chi connectivity index (χ0v) is 12.4. The Morgan fingerprint density at radius 1 is 1.25 bits per heavy atom. The van der Waals surface area contributed by atoms with Gasteiger partial charge in [0.05, 0.1) is 16.2 Å². The van der Waals surface area contributed by atoms with E-state index in [1.807, 2.05) is 0 Å². The average molecular weight is 321 g/mol. The van der Waals surface area contributed by atoms with Gasteiger partial charge in [0.1, 0.15) is 0 Å². The van der Waals surface area contributed by atoms with Gasteiger partial charge in [-0.05, 0) is 18.2 Å².